The Morgan fingerprint density at radius 1 is 1.08 bits per heavy atom. The van der Waals surface area contributed by atoms with Crippen LogP contribution < -0.4 is 10.1 Å². The number of methoxy groups -OCH3 is 1. The second-order valence-electron chi connectivity index (χ2n) is 6.28. The molecule has 4 heteroatoms. The first-order valence-electron chi connectivity index (χ1n) is 8.36. The summed E-state index contributed by atoms with van der Waals surface area (Å²) in [6, 6.07) is 16.4. The van der Waals surface area contributed by atoms with Crippen molar-refractivity contribution in [2.45, 2.75) is 37.6 Å². The number of benzene rings is 2. The first-order chi connectivity index (χ1) is 11.7. The predicted molar refractivity (Wildman–Crippen MR) is 99.6 cm³/mol. The lowest BCUT2D eigenvalue weighted by molar-refractivity contribution is 0.0924. The van der Waals surface area contributed by atoms with Gasteiger partial charge in [0.1, 0.15) is 5.75 Å². The summed E-state index contributed by atoms with van der Waals surface area (Å²) in [6.07, 6.45) is 4.28. The van der Waals surface area contributed by atoms with Crippen molar-refractivity contribution in [2.75, 3.05) is 7.11 Å². The van der Waals surface area contributed by atoms with Gasteiger partial charge in [-0.15, -0.1) is 0 Å². The third kappa shape index (κ3) is 3.99. The highest BCUT2D eigenvalue weighted by Crippen LogP contribution is 2.33. The Bertz CT molecular complexity index is 694. The van der Waals surface area contributed by atoms with Gasteiger partial charge in [-0.2, -0.15) is 0 Å². The Labute approximate surface area is 151 Å². The van der Waals surface area contributed by atoms with Crippen LogP contribution in [0, 0.1) is 0 Å². The predicted octanol–water partition coefficient (Wildman–Crippen LogP) is 4.91. The number of halogens is 1. The van der Waals surface area contributed by atoms with Crippen LogP contribution in [0.5, 0.6) is 5.75 Å². The highest BCUT2D eigenvalue weighted by Gasteiger charge is 2.24. The Morgan fingerprint density at radius 3 is 2.46 bits per heavy atom. The van der Waals surface area contributed by atoms with E-state index in [2.05, 4.69) is 51.6 Å². The van der Waals surface area contributed by atoms with Gasteiger partial charge in [0.15, 0.2) is 0 Å². The molecule has 0 spiro atoms. The molecule has 2 aromatic carbocycles. The van der Waals surface area contributed by atoms with Gasteiger partial charge < -0.3 is 10.1 Å². The zero-order valence-electron chi connectivity index (χ0n) is 13.8. The molecule has 0 heterocycles. The molecule has 0 radical (unpaired) electrons. The molecule has 0 unspecified atom stereocenters. The van der Waals surface area contributed by atoms with Gasteiger partial charge in [0, 0.05) is 10.5 Å². The Balaban J connectivity index is 1.59. The second kappa shape index (κ2) is 7.84. The van der Waals surface area contributed by atoms with E-state index in [0.717, 1.165) is 30.2 Å². The van der Waals surface area contributed by atoms with E-state index in [0.29, 0.717) is 17.2 Å². The summed E-state index contributed by atoms with van der Waals surface area (Å²) in [7, 11) is 1.61. The molecule has 126 valence electrons. The van der Waals surface area contributed by atoms with E-state index in [1.54, 1.807) is 13.2 Å². The molecule has 1 aliphatic rings. The van der Waals surface area contributed by atoms with Crippen LogP contribution in [0.3, 0.4) is 0 Å². The van der Waals surface area contributed by atoms with Crippen molar-refractivity contribution in [3.63, 3.8) is 0 Å². The molecule has 1 saturated carbocycles. The maximum atomic E-state index is 12.6. The number of amides is 1. The maximum Gasteiger partial charge on any atom is 0.252 e. The summed E-state index contributed by atoms with van der Waals surface area (Å²) >= 11 is 3.45. The van der Waals surface area contributed by atoms with E-state index in [-0.39, 0.29) is 11.9 Å². The molecular weight excluding hydrogens is 366 g/mol. The Hall–Kier alpha value is -1.81. The largest absolute Gasteiger partial charge is 0.497 e. The molecular formula is C20H22BrNO2. The number of carbonyl (C=O) groups excluding carboxylic acids is 1. The average molecular weight is 388 g/mol. The van der Waals surface area contributed by atoms with Gasteiger partial charge in [-0.05, 0) is 71.3 Å². The highest BCUT2D eigenvalue weighted by molar-refractivity contribution is 9.10. The summed E-state index contributed by atoms with van der Waals surface area (Å²) < 4.78 is 6.00. The summed E-state index contributed by atoms with van der Waals surface area (Å²) in [5, 5.41) is 3.17. The van der Waals surface area contributed by atoms with Crippen molar-refractivity contribution < 1.29 is 9.53 Å². The van der Waals surface area contributed by atoms with Crippen LogP contribution in [-0.2, 0) is 0 Å². The molecule has 0 aromatic heterocycles. The minimum absolute atomic E-state index is 0.0380. The summed E-state index contributed by atoms with van der Waals surface area (Å²) in [6.45, 7) is 0. The third-order valence-corrected chi connectivity index (χ3v) is 5.44. The molecule has 1 N–H and O–H groups in total. The van der Waals surface area contributed by atoms with Gasteiger partial charge in [-0.25, -0.2) is 0 Å². The van der Waals surface area contributed by atoms with Crippen molar-refractivity contribution in [1.82, 2.24) is 5.32 Å². The van der Waals surface area contributed by atoms with Crippen LogP contribution >= 0.6 is 15.9 Å². The molecule has 3 rings (SSSR count). The normalized spacial score (nSPS) is 20.4. The van der Waals surface area contributed by atoms with Gasteiger partial charge in [-0.1, -0.05) is 30.3 Å². The minimum atomic E-state index is -0.0380. The van der Waals surface area contributed by atoms with E-state index < -0.39 is 0 Å². The zero-order valence-corrected chi connectivity index (χ0v) is 15.4. The topological polar surface area (TPSA) is 38.3 Å². The average Bonchev–Trinajstić information content (AvgIpc) is 2.63. The van der Waals surface area contributed by atoms with Crippen molar-refractivity contribution in [2.24, 2.45) is 0 Å². The van der Waals surface area contributed by atoms with Crippen molar-refractivity contribution in [1.29, 1.82) is 0 Å². The fourth-order valence-electron chi connectivity index (χ4n) is 3.36. The second-order valence-corrected chi connectivity index (χ2v) is 7.13. The lowest BCUT2D eigenvalue weighted by atomic mass is 9.82. The third-order valence-electron chi connectivity index (χ3n) is 4.75. The number of hydrogen-bond acceptors (Lipinski definition) is 2. The fraction of sp³-hybridized carbons (Fsp3) is 0.350. The van der Waals surface area contributed by atoms with Crippen LogP contribution in [0.4, 0.5) is 0 Å². The van der Waals surface area contributed by atoms with Crippen LogP contribution in [0.15, 0.2) is 53.0 Å². The molecule has 24 heavy (non-hydrogen) atoms. The van der Waals surface area contributed by atoms with Gasteiger partial charge in [0.25, 0.3) is 5.91 Å². The van der Waals surface area contributed by atoms with E-state index >= 15 is 0 Å². The lowest BCUT2D eigenvalue weighted by Crippen LogP contribution is -2.37. The smallest absolute Gasteiger partial charge is 0.252 e. The molecule has 0 aliphatic heterocycles. The van der Waals surface area contributed by atoms with Crippen molar-refractivity contribution >= 4 is 21.8 Å². The monoisotopic (exact) mass is 387 g/mol. The number of rotatable bonds is 4. The van der Waals surface area contributed by atoms with Crippen LogP contribution in [0.25, 0.3) is 0 Å². The number of nitrogens with one attached hydrogen (secondary N) is 1. The summed E-state index contributed by atoms with van der Waals surface area (Å²) in [5.74, 6) is 1.27. The first kappa shape index (κ1) is 17.0. The number of hydrogen-bond donors (Lipinski definition) is 1. The molecule has 0 atom stereocenters. The van der Waals surface area contributed by atoms with E-state index in [4.69, 9.17) is 4.74 Å². The van der Waals surface area contributed by atoms with Crippen LogP contribution in [-0.4, -0.2) is 19.1 Å². The SMILES string of the molecule is COc1ccc(Br)c(C(=O)NC2CCC(c3ccccc3)CC2)c1. The fourth-order valence-corrected chi connectivity index (χ4v) is 3.79. The number of carbonyl (C=O) groups is 1. The van der Waals surface area contributed by atoms with Crippen LogP contribution in [0.2, 0.25) is 0 Å². The molecule has 3 nitrogen and oxygen atoms in total. The van der Waals surface area contributed by atoms with E-state index in [9.17, 15) is 4.79 Å². The zero-order chi connectivity index (χ0) is 16.9. The first-order valence-corrected chi connectivity index (χ1v) is 9.16. The summed E-state index contributed by atoms with van der Waals surface area (Å²) in [4.78, 5) is 12.6. The molecule has 0 saturated heterocycles. The molecule has 1 amide bonds. The summed E-state index contributed by atoms with van der Waals surface area (Å²) in [5.41, 5.74) is 2.04. The molecule has 1 aliphatic carbocycles. The van der Waals surface area contributed by atoms with E-state index in [1.807, 2.05) is 12.1 Å². The van der Waals surface area contributed by atoms with E-state index in [1.165, 1.54) is 5.56 Å². The minimum Gasteiger partial charge on any atom is -0.497 e. The Morgan fingerprint density at radius 2 is 1.79 bits per heavy atom. The van der Waals surface area contributed by atoms with Crippen LogP contribution in [0.1, 0.15) is 47.5 Å². The van der Waals surface area contributed by atoms with Gasteiger partial charge in [-0.3, -0.25) is 4.79 Å². The number of ether oxygens (including phenoxy) is 1. The van der Waals surface area contributed by atoms with Gasteiger partial charge >= 0.3 is 0 Å². The van der Waals surface area contributed by atoms with Crippen molar-refractivity contribution in [3.8, 4) is 5.75 Å². The standard InChI is InChI=1S/C20H22BrNO2/c1-24-17-11-12-19(21)18(13-17)20(23)22-16-9-7-15(8-10-16)14-5-3-2-4-6-14/h2-6,11-13,15-16H,7-10H2,1H3,(H,22,23). The lowest BCUT2D eigenvalue weighted by Gasteiger charge is -2.29. The molecule has 1 fully saturated rings. The quantitative estimate of drug-likeness (QED) is 0.808. The van der Waals surface area contributed by atoms with Gasteiger partial charge in [0.05, 0.1) is 12.7 Å². The van der Waals surface area contributed by atoms with Crippen molar-refractivity contribution in [3.05, 3.63) is 64.1 Å². The molecule has 0 bridgehead atoms. The Kier molecular flexibility index (Phi) is 5.56. The molecule has 2 aromatic rings. The highest BCUT2D eigenvalue weighted by atomic mass is 79.9. The maximum absolute atomic E-state index is 12.6. The van der Waals surface area contributed by atoms with Gasteiger partial charge in [0.2, 0.25) is 0 Å².